The van der Waals surface area contributed by atoms with E-state index in [1.165, 1.54) is 0 Å². The molecule has 0 bridgehead atoms. The first-order valence-corrected chi connectivity index (χ1v) is 22.5. The molecule has 0 aliphatic rings. The molecule has 31 heavy (non-hydrogen) atoms. The van der Waals surface area contributed by atoms with E-state index in [0.29, 0.717) is 12.8 Å². The number of carbonyl (C=O) groups excluding carboxylic acids is 2. The standard InChI is InChI=1S/C19H43NO7Si4/c1-13-14-19(24-18(20)22,15-23-17(21)16(2)3)31(25-28(4,5)6,26-29(7,8)9)27-30(10,11)12/h2,13-15H2,1,3-12H3,(H2,20,22). The molecule has 0 heterocycles. The van der Waals surface area contributed by atoms with Crippen molar-refractivity contribution in [3.05, 3.63) is 12.2 Å². The number of rotatable bonds is 13. The molecular formula is C19H43NO7Si4. The molecule has 0 aliphatic heterocycles. The van der Waals surface area contributed by atoms with Crippen molar-refractivity contribution in [3.8, 4) is 0 Å². The minimum atomic E-state index is -3.81. The van der Waals surface area contributed by atoms with E-state index in [2.05, 4.69) is 6.58 Å². The zero-order chi connectivity index (χ0) is 24.9. The molecule has 1 amide bonds. The van der Waals surface area contributed by atoms with Crippen LogP contribution in [0, 0.1) is 0 Å². The molecule has 0 spiro atoms. The summed E-state index contributed by atoms with van der Waals surface area (Å²) < 4.78 is 31.6. The SMILES string of the molecule is C=C(C)C(=O)OCC(CCC)(OC(N)=O)[Si](O[Si](C)(C)C)(O[Si](C)(C)C)O[Si](C)(C)C. The van der Waals surface area contributed by atoms with E-state index in [1.807, 2.05) is 65.8 Å². The van der Waals surface area contributed by atoms with Gasteiger partial charge in [-0.3, -0.25) is 0 Å². The molecule has 0 saturated heterocycles. The van der Waals surface area contributed by atoms with Gasteiger partial charge in [0.2, 0.25) is 5.22 Å². The Labute approximate surface area is 192 Å². The van der Waals surface area contributed by atoms with Crippen molar-refractivity contribution in [2.24, 2.45) is 5.73 Å². The summed E-state index contributed by atoms with van der Waals surface area (Å²) in [7, 11) is -10.7. The normalized spacial score (nSPS) is 15.2. The van der Waals surface area contributed by atoms with Gasteiger partial charge in [-0.05, 0) is 72.3 Å². The Bertz CT molecular complexity index is 612. The number of hydrogen-bond acceptors (Lipinski definition) is 7. The fourth-order valence-electron chi connectivity index (χ4n) is 2.91. The largest absolute Gasteiger partial charge is 0.519 e. The van der Waals surface area contributed by atoms with E-state index >= 15 is 0 Å². The van der Waals surface area contributed by atoms with Gasteiger partial charge in [-0.25, -0.2) is 9.59 Å². The van der Waals surface area contributed by atoms with Crippen LogP contribution in [-0.4, -0.2) is 57.7 Å². The van der Waals surface area contributed by atoms with E-state index in [-0.39, 0.29) is 12.2 Å². The summed E-state index contributed by atoms with van der Waals surface area (Å²) >= 11 is 0. The first kappa shape index (κ1) is 30.2. The summed E-state index contributed by atoms with van der Waals surface area (Å²) in [6, 6.07) is 0. The van der Waals surface area contributed by atoms with Crippen LogP contribution in [0.2, 0.25) is 58.9 Å². The van der Waals surface area contributed by atoms with Gasteiger partial charge in [0.05, 0.1) is 0 Å². The molecule has 8 nitrogen and oxygen atoms in total. The Balaban J connectivity index is 7.02. The molecule has 0 aromatic heterocycles. The molecule has 0 aromatic rings. The number of amides is 1. The highest BCUT2D eigenvalue weighted by molar-refractivity contribution is 6.91. The van der Waals surface area contributed by atoms with Crippen LogP contribution < -0.4 is 5.73 Å². The van der Waals surface area contributed by atoms with Crippen LogP contribution in [0.25, 0.3) is 0 Å². The maximum atomic E-state index is 12.3. The zero-order valence-corrected chi connectivity index (χ0v) is 25.3. The third-order valence-electron chi connectivity index (χ3n) is 3.61. The molecule has 0 aromatic carbocycles. The highest BCUT2D eigenvalue weighted by Gasteiger charge is 2.68. The summed E-state index contributed by atoms with van der Waals surface area (Å²) in [4.78, 5) is 24.4. The second kappa shape index (κ2) is 10.9. The monoisotopic (exact) mass is 509 g/mol. The molecule has 0 fully saturated rings. The van der Waals surface area contributed by atoms with Crippen LogP contribution in [0.4, 0.5) is 4.79 Å². The summed E-state index contributed by atoms with van der Waals surface area (Å²) in [6.07, 6.45) is -0.0779. The molecular weight excluding hydrogens is 467 g/mol. The Kier molecular flexibility index (Phi) is 10.6. The van der Waals surface area contributed by atoms with E-state index < -0.39 is 51.0 Å². The number of primary amides is 1. The summed E-state index contributed by atoms with van der Waals surface area (Å²) in [5, 5.41) is -1.46. The van der Waals surface area contributed by atoms with E-state index in [9.17, 15) is 9.59 Å². The minimum Gasteiger partial charge on any atom is -0.458 e. The lowest BCUT2D eigenvalue weighted by Crippen LogP contribution is -2.75. The predicted octanol–water partition coefficient (Wildman–Crippen LogP) is 4.77. The fourth-order valence-corrected chi connectivity index (χ4v) is 17.5. The van der Waals surface area contributed by atoms with Gasteiger partial charge in [0.15, 0.2) is 25.0 Å². The topological polar surface area (TPSA) is 106 Å². The Morgan fingerprint density at radius 1 is 0.871 bits per heavy atom. The number of hydrogen-bond donors (Lipinski definition) is 1. The van der Waals surface area contributed by atoms with Gasteiger partial charge in [-0.1, -0.05) is 19.9 Å². The third kappa shape index (κ3) is 10.6. The third-order valence-corrected chi connectivity index (χ3v) is 15.8. The molecule has 0 rings (SSSR count). The Morgan fingerprint density at radius 3 is 1.52 bits per heavy atom. The summed E-state index contributed by atoms with van der Waals surface area (Å²) in [6.45, 7) is 25.1. The lowest BCUT2D eigenvalue weighted by Gasteiger charge is -2.51. The fraction of sp³-hybridized carbons (Fsp3) is 0.789. The van der Waals surface area contributed by atoms with Crippen molar-refractivity contribution >= 4 is 45.8 Å². The lowest BCUT2D eigenvalue weighted by atomic mass is 10.2. The van der Waals surface area contributed by atoms with E-state index in [1.54, 1.807) is 6.92 Å². The first-order chi connectivity index (χ1) is 13.7. The molecule has 1 atom stereocenters. The molecule has 182 valence electrons. The second-order valence-corrected chi connectivity index (χ2v) is 27.9. The van der Waals surface area contributed by atoms with Crippen molar-refractivity contribution < 1.29 is 31.4 Å². The van der Waals surface area contributed by atoms with Crippen molar-refractivity contribution in [1.82, 2.24) is 0 Å². The molecule has 0 aliphatic carbocycles. The highest BCUT2D eigenvalue weighted by atomic mass is 28.5. The zero-order valence-electron chi connectivity index (χ0n) is 21.3. The van der Waals surface area contributed by atoms with Crippen molar-refractivity contribution in [2.75, 3.05) is 6.61 Å². The predicted molar refractivity (Wildman–Crippen MR) is 133 cm³/mol. The van der Waals surface area contributed by atoms with Crippen molar-refractivity contribution in [3.63, 3.8) is 0 Å². The number of ether oxygens (including phenoxy) is 2. The van der Waals surface area contributed by atoms with Gasteiger partial charge in [0.25, 0.3) is 0 Å². The van der Waals surface area contributed by atoms with Crippen LogP contribution in [-0.2, 0) is 26.6 Å². The minimum absolute atomic E-state index is 0.236. The van der Waals surface area contributed by atoms with E-state index in [0.717, 1.165) is 0 Å². The summed E-state index contributed by atoms with van der Waals surface area (Å²) in [5.41, 5.74) is 5.77. The second-order valence-electron chi connectivity index (χ2n) is 10.7. The van der Waals surface area contributed by atoms with Crippen LogP contribution in [0.5, 0.6) is 0 Å². The van der Waals surface area contributed by atoms with Gasteiger partial charge in [0.1, 0.15) is 6.61 Å². The van der Waals surface area contributed by atoms with Crippen molar-refractivity contribution in [2.45, 2.75) is 90.8 Å². The molecule has 12 heteroatoms. The van der Waals surface area contributed by atoms with Gasteiger partial charge in [-0.15, -0.1) is 0 Å². The Hall–Kier alpha value is -0.772. The van der Waals surface area contributed by atoms with Crippen molar-refractivity contribution in [1.29, 1.82) is 0 Å². The van der Waals surface area contributed by atoms with Gasteiger partial charge in [-0.2, -0.15) is 0 Å². The lowest BCUT2D eigenvalue weighted by molar-refractivity contribution is -0.145. The van der Waals surface area contributed by atoms with Crippen LogP contribution in [0.1, 0.15) is 26.7 Å². The Morgan fingerprint density at radius 2 is 1.26 bits per heavy atom. The maximum Gasteiger partial charge on any atom is 0.519 e. The summed E-state index contributed by atoms with van der Waals surface area (Å²) in [5.74, 6) is -0.592. The van der Waals surface area contributed by atoms with Crippen LogP contribution >= 0.6 is 0 Å². The maximum absolute atomic E-state index is 12.3. The molecule has 2 N–H and O–H groups in total. The quantitative estimate of drug-likeness (QED) is 0.216. The van der Waals surface area contributed by atoms with Crippen LogP contribution in [0.15, 0.2) is 12.2 Å². The number of carbonyl (C=O) groups is 2. The van der Waals surface area contributed by atoms with Gasteiger partial charge < -0.3 is 27.6 Å². The number of nitrogens with two attached hydrogens (primary N) is 1. The molecule has 1 unspecified atom stereocenters. The number of esters is 1. The average molecular weight is 510 g/mol. The van der Waals surface area contributed by atoms with E-state index in [4.69, 9.17) is 27.6 Å². The van der Waals surface area contributed by atoms with Gasteiger partial charge >= 0.3 is 20.9 Å². The average Bonchev–Trinajstić information content (AvgIpc) is 2.46. The highest BCUT2D eigenvalue weighted by Crippen LogP contribution is 2.39. The van der Waals surface area contributed by atoms with Crippen LogP contribution in [0.3, 0.4) is 0 Å². The molecule has 0 saturated carbocycles. The smallest absolute Gasteiger partial charge is 0.458 e. The van der Waals surface area contributed by atoms with Gasteiger partial charge in [0, 0.05) is 5.57 Å². The first-order valence-electron chi connectivity index (χ1n) is 10.6. The molecule has 0 radical (unpaired) electrons.